The molecule has 0 fully saturated rings. The van der Waals surface area contributed by atoms with Crippen LogP contribution in [-0.2, 0) is 4.79 Å². The second-order valence-corrected chi connectivity index (χ2v) is 5.01. The van der Waals surface area contributed by atoms with Crippen LogP contribution in [0.2, 0.25) is 0 Å². The Morgan fingerprint density at radius 2 is 2.12 bits per heavy atom. The van der Waals surface area contributed by atoms with E-state index in [2.05, 4.69) is 14.9 Å². The smallest absolute Gasteiger partial charge is 0.326 e. The zero-order valence-corrected chi connectivity index (χ0v) is 10.0. The molecule has 2 N–H and O–H groups in total. The lowest BCUT2D eigenvalue weighted by Crippen LogP contribution is -2.49. The number of amides is 1. The molecule has 6 nitrogen and oxygen atoms in total. The Balaban J connectivity index is 2.78. The number of nitrogens with one attached hydrogen (secondary N) is 1. The molecule has 1 atom stereocenters. The monoisotopic (exact) mass is 243 g/mol. The molecule has 0 saturated carbocycles. The second-order valence-electron chi connectivity index (χ2n) is 4.40. The molecule has 1 aromatic heterocycles. The maximum atomic E-state index is 11.6. The van der Waals surface area contributed by atoms with Crippen molar-refractivity contribution in [3.05, 3.63) is 11.1 Å². The minimum absolute atomic E-state index is 0.139. The van der Waals surface area contributed by atoms with Gasteiger partial charge in [-0.2, -0.15) is 0 Å². The zero-order chi connectivity index (χ0) is 12.3. The van der Waals surface area contributed by atoms with Gasteiger partial charge in [0.15, 0.2) is 5.69 Å². The van der Waals surface area contributed by atoms with Crippen LogP contribution >= 0.6 is 11.5 Å². The van der Waals surface area contributed by atoms with Crippen molar-refractivity contribution in [2.75, 3.05) is 0 Å². The van der Waals surface area contributed by atoms with E-state index in [0.29, 0.717) is 0 Å². The number of hydrogen-bond donors (Lipinski definition) is 2. The Kier molecular flexibility index (Phi) is 3.58. The highest BCUT2D eigenvalue weighted by molar-refractivity contribution is 7.03. The first kappa shape index (κ1) is 12.6. The Morgan fingerprint density at radius 3 is 2.50 bits per heavy atom. The zero-order valence-electron chi connectivity index (χ0n) is 9.22. The normalized spacial score (nSPS) is 13.2. The molecule has 0 radical (unpaired) electrons. The van der Waals surface area contributed by atoms with Crippen molar-refractivity contribution in [3.63, 3.8) is 0 Å². The molecule has 88 valence electrons. The fourth-order valence-corrected chi connectivity index (χ4v) is 1.55. The molecule has 16 heavy (non-hydrogen) atoms. The lowest BCUT2D eigenvalue weighted by atomic mass is 9.87. The van der Waals surface area contributed by atoms with E-state index in [0.717, 1.165) is 11.5 Å². The van der Waals surface area contributed by atoms with Gasteiger partial charge in [-0.15, -0.1) is 5.10 Å². The van der Waals surface area contributed by atoms with Crippen LogP contribution in [0.1, 0.15) is 31.3 Å². The van der Waals surface area contributed by atoms with E-state index >= 15 is 0 Å². The lowest BCUT2D eigenvalue weighted by Gasteiger charge is -2.27. The van der Waals surface area contributed by atoms with Crippen molar-refractivity contribution in [1.29, 1.82) is 0 Å². The van der Waals surface area contributed by atoms with Crippen LogP contribution in [0.15, 0.2) is 5.38 Å². The molecule has 1 heterocycles. The Bertz CT molecular complexity index is 383. The van der Waals surface area contributed by atoms with Crippen molar-refractivity contribution in [2.24, 2.45) is 5.41 Å². The number of hydrogen-bond acceptors (Lipinski definition) is 5. The number of carboxylic acids is 1. The van der Waals surface area contributed by atoms with E-state index in [9.17, 15) is 9.59 Å². The van der Waals surface area contributed by atoms with Crippen LogP contribution in [0.25, 0.3) is 0 Å². The highest BCUT2D eigenvalue weighted by Crippen LogP contribution is 2.19. The number of carboxylic acid groups (broad SMARTS) is 1. The van der Waals surface area contributed by atoms with Gasteiger partial charge in [0.25, 0.3) is 5.91 Å². The molecule has 0 aliphatic heterocycles. The number of nitrogens with zero attached hydrogens (tertiary/aromatic N) is 2. The van der Waals surface area contributed by atoms with Gasteiger partial charge in [0.2, 0.25) is 0 Å². The van der Waals surface area contributed by atoms with Gasteiger partial charge in [-0.3, -0.25) is 4.79 Å². The largest absolute Gasteiger partial charge is 0.480 e. The van der Waals surface area contributed by atoms with Gasteiger partial charge < -0.3 is 10.4 Å². The molecule has 1 aromatic rings. The van der Waals surface area contributed by atoms with Crippen molar-refractivity contribution in [2.45, 2.75) is 26.8 Å². The van der Waals surface area contributed by atoms with Crippen molar-refractivity contribution >= 4 is 23.4 Å². The molecular weight excluding hydrogens is 230 g/mol. The lowest BCUT2D eigenvalue weighted by molar-refractivity contribution is -0.142. The van der Waals surface area contributed by atoms with Gasteiger partial charge in [-0.05, 0) is 16.9 Å². The summed E-state index contributed by atoms with van der Waals surface area (Å²) in [5.74, 6) is -1.58. The van der Waals surface area contributed by atoms with E-state index < -0.39 is 23.3 Å². The second kappa shape index (κ2) is 4.56. The first-order chi connectivity index (χ1) is 7.32. The van der Waals surface area contributed by atoms with E-state index in [1.165, 1.54) is 5.38 Å². The van der Waals surface area contributed by atoms with E-state index in [4.69, 9.17) is 5.11 Å². The Hall–Kier alpha value is -1.50. The number of aliphatic carboxylic acids is 1. The van der Waals surface area contributed by atoms with E-state index in [1.807, 2.05) is 0 Å². The molecule has 0 spiro atoms. The summed E-state index contributed by atoms with van der Waals surface area (Å²) >= 11 is 1.04. The Labute approximate surface area is 96.8 Å². The van der Waals surface area contributed by atoms with Gasteiger partial charge in [-0.25, -0.2) is 4.79 Å². The predicted octanol–water partition coefficient (Wildman–Crippen LogP) is 0.767. The number of rotatable bonds is 3. The van der Waals surface area contributed by atoms with Crippen LogP contribution in [-0.4, -0.2) is 32.6 Å². The minimum Gasteiger partial charge on any atom is -0.480 e. The van der Waals surface area contributed by atoms with E-state index in [-0.39, 0.29) is 5.69 Å². The van der Waals surface area contributed by atoms with Crippen LogP contribution in [0.4, 0.5) is 0 Å². The van der Waals surface area contributed by atoms with Gasteiger partial charge in [0, 0.05) is 5.38 Å². The highest BCUT2D eigenvalue weighted by atomic mass is 32.1. The predicted molar refractivity (Wildman–Crippen MR) is 58.3 cm³/mol. The molecule has 1 amide bonds. The first-order valence-corrected chi connectivity index (χ1v) is 5.46. The third kappa shape index (κ3) is 2.99. The van der Waals surface area contributed by atoms with Crippen LogP contribution in [0.3, 0.4) is 0 Å². The fraction of sp³-hybridized carbons (Fsp3) is 0.556. The highest BCUT2D eigenvalue weighted by Gasteiger charge is 2.33. The average Bonchev–Trinajstić information content (AvgIpc) is 2.63. The summed E-state index contributed by atoms with van der Waals surface area (Å²) < 4.78 is 3.54. The topological polar surface area (TPSA) is 92.2 Å². The standard InChI is InChI=1S/C9H13N3O3S/c1-9(2,3)6(8(14)15)10-7(13)5-4-16-12-11-5/h4,6H,1-3H3,(H,10,13)(H,14,15)/t6-/m0/s1. The SMILES string of the molecule is CC(C)(C)[C@@H](NC(=O)c1csnn1)C(=O)O. The molecule has 0 bridgehead atoms. The summed E-state index contributed by atoms with van der Waals surface area (Å²) in [5.41, 5.74) is -0.425. The number of carbonyl (C=O) groups is 2. The maximum Gasteiger partial charge on any atom is 0.326 e. The summed E-state index contributed by atoms with van der Waals surface area (Å²) in [6, 6.07) is -0.957. The van der Waals surface area contributed by atoms with Crippen LogP contribution in [0, 0.1) is 5.41 Å². The summed E-state index contributed by atoms with van der Waals surface area (Å²) in [7, 11) is 0. The molecule has 7 heteroatoms. The van der Waals surface area contributed by atoms with Gasteiger partial charge in [-0.1, -0.05) is 25.3 Å². The number of aromatic nitrogens is 2. The molecule has 0 unspecified atom stereocenters. The minimum atomic E-state index is -1.07. The maximum absolute atomic E-state index is 11.6. The molecule has 0 aliphatic rings. The summed E-state index contributed by atoms with van der Waals surface area (Å²) in [4.78, 5) is 22.6. The van der Waals surface area contributed by atoms with Gasteiger partial charge >= 0.3 is 5.97 Å². The summed E-state index contributed by atoms with van der Waals surface area (Å²) in [6.07, 6.45) is 0. The molecule has 1 rings (SSSR count). The first-order valence-electron chi connectivity index (χ1n) is 4.63. The van der Waals surface area contributed by atoms with Crippen LogP contribution < -0.4 is 5.32 Å². The summed E-state index contributed by atoms with van der Waals surface area (Å²) in [6.45, 7) is 5.22. The van der Waals surface area contributed by atoms with Gasteiger partial charge in [0.1, 0.15) is 6.04 Å². The van der Waals surface area contributed by atoms with E-state index in [1.54, 1.807) is 20.8 Å². The fourth-order valence-electron chi connectivity index (χ4n) is 1.12. The van der Waals surface area contributed by atoms with Gasteiger partial charge in [0.05, 0.1) is 0 Å². The van der Waals surface area contributed by atoms with Crippen molar-refractivity contribution in [3.8, 4) is 0 Å². The molecular formula is C9H13N3O3S. The van der Waals surface area contributed by atoms with Crippen molar-refractivity contribution < 1.29 is 14.7 Å². The third-order valence-corrected chi connectivity index (χ3v) is 2.49. The third-order valence-electron chi connectivity index (χ3n) is 1.98. The quantitative estimate of drug-likeness (QED) is 0.818. The Morgan fingerprint density at radius 1 is 1.50 bits per heavy atom. The summed E-state index contributed by atoms with van der Waals surface area (Å²) in [5, 5.41) is 16.5. The molecule has 0 aromatic carbocycles. The number of carbonyl (C=O) groups excluding carboxylic acids is 1. The van der Waals surface area contributed by atoms with Crippen LogP contribution in [0.5, 0.6) is 0 Å². The van der Waals surface area contributed by atoms with Crippen molar-refractivity contribution in [1.82, 2.24) is 14.9 Å². The molecule has 0 saturated heterocycles. The average molecular weight is 243 g/mol. The molecule has 0 aliphatic carbocycles.